The Kier molecular flexibility index (Phi) is 6.08. The maximum atomic E-state index is 12.4. The van der Waals surface area contributed by atoms with Crippen LogP contribution in [0.25, 0.3) is 11.4 Å². The molecule has 2 aromatic carbocycles. The van der Waals surface area contributed by atoms with E-state index in [2.05, 4.69) is 15.5 Å². The van der Waals surface area contributed by atoms with Crippen molar-refractivity contribution >= 4 is 17.5 Å². The minimum Gasteiger partial charge on any atom is -0.481 e. The molecule has 1 heterocycles. The van der Waals surface area contributed by atoms with Gasteiger partial charge in [-0.25, -0.2) is 0 Å². The smallest absolute Gasteiger partial charge is 0.261 e. The first-order valence-electron chi connectivity index (χ1n) is 8.64. The highest BCUT2D eigenvalue weighted by Gasteiger charge is 2.19. The molecule has 0 aliphatic rings. The van der Waals surface area contributed by atoms with Gasteiger partial charge in [0.05, 0.1) is 6.54 Å². The van der Waals surface area contributed by atoms with Gasteiger partial charge in [0.25, 0.3) is 5.91 Å². The van der Waals surface area contributed by atoms with Gasteiger partial charge in [-0.1, -0.05) is 47.4 Å². The van der Waals surface area contributed by atoms with Crippen molar-refractivity contribution in [1.29, 1.82) is 0 Å². The predicted octanol–water partition coefficient (Wildman–Crippen LogP) is 4.17. The number of amides is 1. The zero-order valence-corrected chi connectivity index (χ0v) is 15.9. The number of rotatable bonds is 7. The summed E-state index contributed by atoms with van der Waals surface area (Å²) in [4.78, 5) is 16.7. The normalized spacial score (nSPS) is 11.8. The third-order valence-electron chi connectivity index (χ3n) is 3.91. The van der Waals surface area contributed by atoms with Gasteiger partial charge in [-0.3, -0.25) is 4.79 Å². The van der Waals surface area contributed by atoms with Gasteiger partial charge < -0.3 is 14.6 Å². The Balaban J connectivity index is 1.58. The fourth-order valence-electron chi connectivity index (χ4n) is 2.50. The number of nitrogens with one attached hydrogen (secondary N) is 1. The highest BCUT2D eigenvalue weighted by atomic mass is 35.5. The molecule has 0 spiro atoms. The second kappa shape index (κ2) is 8.68. The quantitative estimate of drug-likeness (QED) is 0.660. The number of halogens is 1. The molecule has 140 valence electrons. The number of carbonyl (C=O) groups is 1. The summed E-state index contributed by atoms with van der Waals surface area (Å²) >= 11 is 5.86. The van der Waals surface area contributed by atoms with Crippen LogP contribution in [0.3, 0.4) is 0 Å². The standard InChI is InChI=1S/C20H20ClN3O3/c1-3-17(26-16-9-7-15(21)8-10-16)20(25)22-12-18-23-19(24-27-18)14-6-4-5-13(2)11-14/h4-11,17H,3,12H2,1-2H3,(H,22,25). The third kappa shape index (κ3) is 5.08. The molecule has 0 saturated carbocycles. The van der Waals surface area contributed by atoms with E-state index in [1.54, 1.807) is 24.3 Å². The van der Waals surface area contributed by atoms with Crippen LogP contribution in [0.4, 0.5) is 0 Å². The largest absolute Gasteiger partial charge is 0.481 e. The van der Waals surface area contributed by atoms with Crippen molar-refractivity contribution in [3.8, 4) is 17.1 Å². The monoisotopic (exact) mass is 385 g/mol. The second-order valence-electron chi connectivity index (χ2n) is 6.07. The molecule has 1 amide bonds. The van der Waals surface area contributed by atoms with E-state index in [0.29, 0.717) is 28.9 Å². The molecule has 0 bridgehead atoms. The molecule has 1 N–H and O–H groups in total. The van der Waals surface area contributed by atoms with Crippen LogP contribution in [0, 0.1) is 6.92 Å². The highest BCUT2D eigenvalue weighted by Crippen LogP contribution is 2.18. The van der Waals surface area contributed by atoms with E-state index in [0.717, 1.165) is 11.1 Å². The summed E-state index contributed by atoms with van der Waals surface area (Å²) < 4.78 is 10.9. The molecule has 3 aromatic rings. The van der Waals surface area contributed by atoms with Crippen LogP contribution in [0.2, 0.25) is 5.02 Å². The number of aromatic nitrogens is 2. The summed E-state index contributed by atoms with van der Waals surface area (Å²) in [7, 11) is 0. The Morgan fingerprint density at radius 1 is 1.26 bits per heavy atom. The molecule has 3 rings (SSSR count). The summed E-state index contributed by atoms with van der Waals surface area (Å²) in [5.74, 6) is 1.16. The fourth-order valence-corrected chi connectivity index (χ4v) is 2.63. The number of benzene rings is 2. The Labute approximate surface area is 162 Å². The molecule has 1 aromatic heterocycles. The number of nitrogens with zero attached hydrogens (tertiary/aromatic N) is 2. The number of aryl methyl sites for hydroxylation is 1. The van der Waals surface area contributed by atoms with Crippen LogP contribution >= 0.6 is 11.6 Å². The first-order valence-corrected chi connectivity index (χ1v) is 9.02. The predicted molar refractivity (Wildman–Crippen MR) is 102 cm³/mol. The SMILES string of the molecule is CCC(Oc1ccc(Cl)cc1)C(=O)NCc1nc(-c2cccc(C)c2)no1. The molecule has 0 aliphatic heterocycles. The maximum absolute atomic E-state index is 12.4. The van der Waals surface area contributed by atoms with Crippen molar-refractivity contribution in [1.82, 2.24) is 15.5 Å². The van der Waals surface area contributed by atoms with Crippen LogP contribution in [0.15, 0.2) is 53.1 Å². The highest BCUT2D eigenvalue weighted by molar-refractivity contribution is 6.30. The third-order valence-corrected chi connectivity index (χ3v) is 4.17. The average molecular weight is 386 g/mol. The van der Waals surface area contributed by atoms with E-state index in [-0.39, 0.29) is 12.5 Å². The molecule has 0 saturated heterocycles. The number of hydrogen-bond donors (Lipinski definition) is 1. The van der Waals surface area contributed by atoms with Gasteiger partial charge in [0, 0.05) is 10.6 Å². The zero-order valence-electron chi connectivity index (χ0n) is 15.1. The van der Waals surface area contributed by atoms with E-state index in [1.165, 1.54) is 0 Å². The molecule has 1 unspecified atom stereocenters. The van der Waals surface area contributed by atoms with Crippen molar-refractivity contribution < 1.29 is 14.1 Å². The van der Waals surface area contributed by atoms with Gasteiger partial charge in [0.15, 0.2) is 6.10 Å². The summed E-state index contributed by atoms with van der Waals surface area (Å²) in [6, 6.07) is 14.7. The zero-order chi connectivity index (χ0) is 19.2. The van der Waals surface area contributed by atoms with Crippen LogP contribution in [-0.4, -0.2) is 22.2 Å². The summed E-state index contributed by atoms with van der Waals surface area (Å²) in [5, 5.41) is 7.35. The fraction of sp³-hybridized carbons (Fsp3) is 0.250. The van der Waals surface area contributed by atoms with Crippen molar-refractivity contribution in [2.24, 2.45) is 0 Å². The average Bonchev–Trinajstić information content (AvgIpc) is 3.15. The van der Waals surface area contributed by atoms with Gasteiger partial charge in [-0.2, -0.15) is 4.98 Å². The number of carbonyl (C=O) groups excluding carboxylic acids is 1. The van der Waals surface area contributed by atoms with E-state index >= 15 is 0 Å². The maximum Gasteiger partial charge on any atom is 0.261 e. The van der Waals surface area contributed by atoms with Crippen LogP contribution in [0.5, 0.6) is 5.75 Å². The lowest BCUT2D eigenvalue weighted by molar-refractivity contribution is -0.128. The van der Waals surface area contributed by atoms with Crippen molar-refractivity contribution in [3.05, 3.63) is 65.0 Å². The lowest BCUT2D eigenvalue weighted by Gasteiger charge is -2.16. The molecule has 6 nitrogen and oxygen atoms in total. The Morgan fingerprint density at radius 2 is 2.04 bits per heavy atom. The van der Waals surface area contributed by atoms with Gasteiger partial charge in [-0.15, -0.1) is 0 Å². The van der Waals surface area contributed by atoms with Crippen LogP contribution in [-0.2, 0) is 11.3 Å². The molecule has 7 heteroatoms. The van der Waals surface area contributed by atoms with Crippen LogP contribution in [0.1, 0.15) is 24.8 Å². The molecular weight excluding hydrogens is 366 g/mol. The molecule has 27 heavy (non-hydrogen) atoms. The van der Waals surface area contributed by atoms with E-state index < -0.39 is 6.10 Å². The minimum absolute atomic E-state index is 0.137. The lowest BCUT2D eigenvalue weighted by Crippen LogP contribution is -2.37. The van der Waals surface area contributed by atoms with Gasteiger partial charge in [0.1, 0.15) is 5.75 Å². The summed E-state index contributed by atoms with van der Waals surface area (Å²) in [6.07, 6.45) is -0.0994. The Bertz CT molecular complexity index is 909. The number of ether oxygens (including phenoxy) is 1. The van der Waals surface area contributed by atoms with Crippen LogP contribution < -0.4 is 10.1 Å². The molecule has 0 radical (unpaired) electrons. The molecule has 0 aliphatic carbocycles. The van der Waals surface area contributed by atoms with Gasteiger partial charge in [0.2, 0.25) is 11.7 Å². The Hall–Kier alpha value is -2.86. The summed E-state index contributed by atoms with van der Waals surface area (Å²) in [5.41, 5.74) is 1.98. The minimum atomic E-state index is -0.620. The molecular formula is C20H20ClN3O3. The number of hydrogen-bond acceptors (Lipinski definition) is 5. The second-order valence-corrected chi connectivity index (χ2v) is 6.50. The van der Waals surface area contributed by atoms with E-state index in [4.69, 9.17) is 20.9 Å². The van der Waals surface area contributed by atoms with Crippen molar-refractivity contribution in [2.75, 3.05) is 0 Å². The van der Waals surface area contributed by atoms with E-state index in [9.17, 15) is 4.79 Å². The Morgan fingerprint density at radius 3 is 2.74 bits per heavy atom. The first-order chi connectivity index (χ1) is 13.0. The summed E-state index contributed by atoms with van der Waals surface area (Å²) in [6.45, 7) is 4.01. The molecule has 1 atom stereocenters. The van der Waals surface area contributed by atoms with E-state index in [1.807, 2.05) is 38.1 Å². The molecule has 0 fully saturated rings. The topological polar surface area (TPSA) is 77.2 Å². The van der Waals surface area contributed by atoms with Crippen molar-refractivity contribution in [3.63, 3.8) is 0 Å². The van der Waals surface area contributed by atoms with Crippen molar-refractivity contribution in [2.45, 2.75) is 32.9 Å². The first kappa shape index (κ1) is 18.9. The van der Waals surface area contributed by atoms with Gasteiger partial charge >= 0.3 is 0 Å². The lowest BCUT2D eigenvalue weighted by atomic mass is 10.1. The van der Waals surface area contributed by atoms with Gasteiger partial charge in [-0.05, 0) is 43.7 Å².